The van der Waals surface area contributed by atoms with Gasteiger partial charge in [0.15, 0.2) is 0 Å². The van der Waals surface area contributed by atoms with Crippen LogP contribution >= 0.6 is 0 Å². The van der Waals surface area contributed by atoms with Crippen molar-refractivity contribution in [1.82, 2.24) is 0 Å². The highest BCUT2D eigenvalue weighted by molar-refractivity contribution is 6.23. The van der Waals surface area contributed by atoms with Crippen LogP contribution in [0.3, 0.4) is 0 Å². The summed E-state index contributed by atoms with van der Waals surface area (Å²) < 4.78 is 16.9. The molecule has 3 fully saturated rings. The van der Waals surface area contributed by atoms with Crippen LogP contribution in [0.5, 0.6) is 0 Å². The molecule has 1 aromatic carbocycles. The third-order valence-electron chi connectivity index (χ3n) is 5.48. The van der Waals surface area contributed by atoms with Gasteiger partial charge >= 0.3 is 0 Å². The largest absolute Gasteiger partial charge is 0.375 e. The first-order valence-corrected chi connectivity index (χ1v) is 8.60. The number of imide groups is 1. The molecule has 130 valence electrons. The molecule has 0 aliphatic carbocycles. The Bertz CT molecular complexity index is 769. The highest BCUT2D eigenvalue weighted by Crippen LogP contribution is 2.52. The lowest BCUT2D eigenvalue weighted by Crippen LogP contribution is -2.44. The van der Waals surface area contributed by atoms with Gasteiger partial charge in [-0.3, -0.25) is 9.59 Å². The van der Waals surface area contributed by atoms with E-state index < -0.39 is 17.4 Å². The Labute approximate surface area is 145 Å². The Morgan fingerprint density at radius 3 is 2.72 bits per heavy atom. The molecule has 0 saturated carbocycles. The standard InChI is InChI=1S/C19H19NO5/c1-11-2-4-12(5-3-11)20-17(21)15-14-6-7-19(25-14,16(15)18(20)22)10-23-8-13-9-24-13/h2-7,13-16H,8-10H2,1H3/t13-,14+,15-,16+,19-/m1/s1. The van der Waals surface area contributed by atoms with Crippen LogP contribution in [0.1, 0.15) is 5.56 Å². The van der Waals surface area contributed by atoms with E-state index in [9.17, 15) is 9.59 Å². The minimum atomic E-state index is -0.837. The van der Waals surface area contributed by atoms with E-state index in [4.69, 9.17) is 14.2 Å². The van der Waals surface area contributed by atoms with Crippen molar-refractivity contribution in [3.63, 3.8) is 0 Å². The predicted octanol–water partition coefficient (Wildman–Crippen LogP) is 1.22. The van der Waals surface area contributed by atoms with Crippen LogP contribution in [0.4, 0.5) is 5.69 Å². The minimum absolute atomic E-state index is 0.153. The van der Waals surface area contributed by atoms with Crippen LogP contribution in [0.2, 0.25) is 0 Å². The van der Waals surface area contributed by atoms with Crippen LogP contribution < -0.4 is 4.90 Å². The monoisotopic (exact) mass is 341 g/mol. The summed E-state index contributed by atoms with van der Waals surface area (Å²) in [6.45, 7) is 3.45. The number of nitrogens with zero attached hydrogens (tertiary/aromatic N) is 1. The molecule has 6 nitrogen and oxygen atoms in total. The van der Waals surface area contributed by atoms with Crippen LogP contribution in [-0.2, 0) is 23.8 Å². The molecule has 2 bridgehead atoms. The summed E-state index contributed by atoms with van der Waals surface area (Å²) in [5.41, 5.74) is 0.869. The molecule has 0 radical (unpaired) electrons. The molecule has 3 saturated heterocycles. The number of carbonyl (C=O) groups excluding carboxylic acids is 2. The summed E-state index contributed by atoms with van der Waals surface area (Å²) in [4.78, 5) is 27.4. The van der Waals surface area contributed by atoms with Crippen molar-refractivity contribution in [2.24, 2.45) is 11.8 Å². The zero-order valence-electron chi connectivity index (χ0n) is 13.9. The molecule has 1 aromatic rings. The first kappa shape index (κ1) is 15.3. The molecule has 5 rings (SSSR count). The predicted molar refractivity (Wildman–Crippen MR) is 88.0 cm³/mol. The van der Waals surface area contributed by atoms with Crippen molar-refractivity contribution in [3.05, 3.63) is 42.0 Å². The zero-order valence-corrected chi connectivity index (χ0v) is 13.9. The number of amides is 2. The zero-order chi connectivity index (χ0) is 17.2. The van der Waals surface area contributed by atoms with Gasteiger partial charge in [-0.05, 0) is 19.1 Å². The molecule has 4 aliphatic heterocycles. The van der Waals surface area contributed by atoms with Crippen molar-refractivity contribution >= 4 is 17.5 Å². The normalized spacial score (nSPS) is 37.9. The number of benzene rings is 1. The van der Waals surface area contributed by atoms with Gasteiger partial charge in [0.1, 0.15) is 11.7 Å². The van der Waals surface area contributed by atoms with E-state index in [2.05, 4.69) is 0 Å². The Morgan fingerprint density at radius 1 is 1.24 bits per heavy atom. The molecule has 0 spiro atoms. The van der Waals surface area contributed by atoms with E-state index in [1.165, 1.54) is 4.90 Å². The van der Waals surface area contributed by atoms with Gasteiger partial charge in [0.2, 0.25) is 11.8 Å². The number of hydrogen-bond donors (Lipinski definition) is 0. The van der Waals surface area contributed by atoms with Gasteiger partial charge in [-0.25, -0.2) is 4.90 Å². The number of hydrogen-bond acceptors (Lipinski definition) is 5. The summed E-state index contributed by atoms with van der Waals surface area (Å²) in [5.74, 6) is -1.35. The molecular formula is C19H19NO5. The molecule has 5 atom stereocenters. The Kier molecular flexibility index (Phi) is 3.20. The van der Waals surface area contributed by atoms with E-state index in [-0.39, 0.29) is 30.6 Å². The topological polar surface area (TPSA) is 68.4 Å². The molecule has 0 aromatic heterocycles. The third-order valence-corrected chi connectivity index (χ3v) is 5.48. The fourth-order valence-electron chi connectivity index (χ4n) is 4.13. The van der Waals surface area contributed by atoms with E-state index in [0.29, 0.717) is 12.3 Å². The smallest absolute Gasteiger partial charge is 0.241 e. The second kappa shape index (κ2) is 5.24. The van der Waals surface area contributed by atoms with Gasteiger partial charge in [-0.15, -0.1) is 0 Å². The van der Waals surface area contributed by atoms with Crippen molar-refractivity contribution in [1.29, 1.82) is 0 Å². The second-order valence-corrected chi connectivity index (χ2v) is 7.22. The number of carbonyl (C=O) groups is 2. The fourth-order valence-corrected chi connectivity index (χ4v) is 4.13. The SMILES string of the molecule is Cc1ccc(N2C(=O)[C@@H]3[C@@H]4C=C[C@](COC[C@@H]5CO5)(O4)[C@@H]3C2=O)cc1. The molecule has 6 heteroatoms. The van der Waals surface area contributed by atoms with Gasteiger partial charge in [0, 0.05) is 0 Å². The molecular weight excluding hydrogens is 322 g/mol. The van der Waals surface area contributed by atoms with E-state index >= 15 is 0 Å². The van der Waals surface area contributed by atoms with Gasteiger partial charge in [-0.2, -0.15) is 0 Å². The Balaban J connectivity index is 1.43. The maximum absolute atomic E-state index is 13.1. The van der Waals surface area contributed by atoms with E-state index in [1.54, 1.807) is 0 Å². The molecule has 0 N–H and O–H groups in total. The van der Waals surface area contributed by atoms with Crippen LogP contribution in [0.25, 0.3) is 0 Å². The van der Waals surface area contributed by atoms with Gasteiger partial charge in [0.25, 0.3) is 0 Å². The number of anilines is 1. The third kappa shape index (κ3) is 2.21. The lowest BCUT2D eigenvalue weighted by molar-refractivity contribution is -0.129. The van der Waals surface area contributed by atoms with Crippen LogP contribution in [0, 0.1) is 18.8 Å². The highest BCUT2D eigenvalue weighted by Gasteiger charge is 2.67. The second-order valence-electron chi connectivity index (χ2n) is 7.22. The average Bonchev–Trinajstić information content (AvgIpc) is 3.15. The summed E-state index contributed by atoms with van der Waals surface area (Å²) >= 11 is 0. The number of rotatable bonds is 5. The van der Waals surface area contributed by atoms with Gasteiger partial charge < -0.3 is 14.2 Å². The Hall–Kier alpha value is -2.02. The lowest BCUT2D eigenvalue weighted by Gasteiger charge is -2.28. The maximum Gasteiger partial charge on any atom is 0.241 e. The van der Waals surface area contributed by atoms with E-state index in [0.717, 1.165) is 12.2 Å². The molecule has 0 unspecified atom stereocenters. The van der Waals surface area contributed by atoms with Crippen LogP contribution in [-0.4, -0.2) is 49.4 Å². The Morgan fingerprint density at radius 2 is 2.00 bits per heavy atom. The van der Waals surface area contributed by atoms with Crippen molar-refractivity contribution in [3.8, 4) is 0 Å². The first-order chi connectivity index (χ1) is 12.1. The number of ether oxygens (including phenoxy) is 3. The van der Waals surface area contributed by atoms with Crippen molar-refractivity contribution < 1.29 is 23.8 Å². The maximum atomic E-state index is 13.1. The molecule has 4 aliphatic rings. The average molecular weight is 341 g/mol. The lowest BCUT2D eigenvalue weighted by atomic mass is 9.77. The fraction of sp³-hybridized carbons (Fsp3) is 0.474. The first-order valence-electron chi connectivity index (χ1n) is 8.60. The van der Waals surface area contributed by atoms with Gasteiger partial charge in [0.05, 0.1) is 43.4 Å². The number of aryl methyl sites for hydroxylation is 1. The van der Waals surface area contributed by atoms with E-state index in [1.807, 2.05) is 43.3 Å². The highest BCUT2D eigenvalue weighted by atomic mass is 16.6. The molecule has 2 amide bonds. The summed E-state index contributed by atoms with van der Waals surface area (Å²) in [7, 11) is 0. The molecule has 25 heavy (non-hydrogen) atoms. The quantitative estimate of drug-likeness (QED) is 0.458. The van der Waals surface area contributed by atoms with Crippen LogP contribution in [0.15, 0.2) is 36.4 Å². The van der Waals surface area contributed by atoms with Crippen molar-refractivity contribution in [2.45, 2.75) is 24.7 Å². The summed E-state index contributed by atoms with van der Waals surface area (Å²) in [5, 5.41) is 0. The van der Waals surface area contributed by atoms with Gasteiger partial charge in [-0.1, -0.05) is 29.8 Å². The van der Waals surface area contributed by atoms with Crippen molar-refractivity contribution in [2.75, 3.05) is 24.7 Å². The minimum Gasteiger partial charge on any atom is -0.375 e. The number of epoxide rings is 1. The summed E-state index contributed by atoms with van der Waals surface area (Å²) in [6.07, 6.45) is 3.59. The number of fused-ring (bicyclic) bond motifs is 5. The summed E-state index contributed by atoms with van der Waals surface area (Å²) in [6, 6.07) is 7.44. The molecule has 4 heterocycles.